The molecule has 1 aliphatic carbocycles. The highest BCUT2D eigenvalue weighted by Gasteiger charge is 2.28. The lowest BCUT2D eigenvalue weighted by atomic mass is 9.84. The van der Waals surface area contributed by atoms with Crippen LogP contribution in [0.25, 0.3) is 0 Å². The molecule has 1 aromatic carbocycles. The molecule has 0 saturated heterocycles. The van der Waals surface area contributed by atoms with Crippen molar-refractivity contribution in [3.63, 3.8) is 0 Å². The highest BCUT2D eigenvalue weighted by molar-refractivity contribution is 6.42. The second kappa shape index (κ2) is 9.68. The molecular weight excluding hydrogens is 399 g/mol. The maximum atomic E-state index is 12.6. The fourth-order valence-electron chi connectivity index (χ4n) is 3.65. The normalized spacial score (nSPS) is 19.6. The lowest BCUT2D eigenvalue weighted by Gasteiger charge is -2.33. The first-order valence-corrected chi connectivity index (χ1v) is 10.3. The third-order valence-electron chi connectivity index (χ3n) is 5.00. The number of halogens is 2. The zero-order valence-electron chi connectivity index (χ0n) is 16.2. The van der Waals surface area contributed by atoms with E-state index in [-0.39, 0.29) is 18.6 Å². The summed E-state index contributed by atoms with van der Waals surface area (Å²) in [5, 5.41) is 3.94. The second-order valence-electron chi connectivity index (χ2n) is 7.49. The maximum absolute atomic E-state index is 12.6. The fourth-order valence-corrected chi connectivity index (χ4v) is 3.99. The molecule has 1 heterocycles. The summed E-state index contributed by atoms with van der Waals surface area (Å²) in [5.74, 6) is 1.61. The minimum atomic E-state index is -0.178. The zero-order chi connectivity index (χ0) is 20.1. The van der Waals surface area contributed by atoms with Crippen LogP contribution >= 0.6 is 23.2 Å². The van der Waals surface area contributed by atoms with Crippen molar-refractivity contribution < 1.29 is 13.9 Å². The van der Waals surface area contributed by atoms with Crippen LogP contribution in [0, 0.1) is 5.92 Å². The van der Waals surface area contributed by atoms with Crippen molar-refractivity contribution in [3.8, 4) is 5.75 Å². The van der Waals surface area contributed by atoms with E-state index in [4.69, 9.17) is 32.4 Å². The highest BCUT2D eigenvalue weighted by atomic mass is 35.5. The van der Waals surface area contributed by atoms with Crippen molar-refractivity contribution in [1.82, 2.24) is 10.2 Å². The summed E-state index contributed by atoms with van der Waals surface area (Å²) in [4.78, 5) is 14.8. The summed E-state index contributed by atoms with van der Waals surface area (Å²) in [6.07, 6.45) is 4.51. The van der Waals surface area contributed by atoms with Crippen LogP contribution in [0.2, 0.25) is 10.0 Å². The summed E-state index contributed by atoms with van der Waals surface area (Å²) in [5.41, 5.74) is 0. The molecule has 5 nitrogen and oxygen atoms in total. The molecule has 1 N–H and O–H groups in total. The average molecular weight is 425 g/mol. The Kier molecular flexibility index (Phi) is 7.27. The molecular formula is C21H26Cl2N2O3. The van der Waals surface area contributed by atoms with Gasteiger partial charge in [-0.1, -0.05) is 42.1 Å². The molecule has 0 spiro atoms. The number of hydrogen-bond donors (Lipinski definition) is 1. The summed E-state index contributed by atoms with van der Waals surface area (Å²) in [6, 6.07) is 8.79. The molecule has 2 atom stereocenters. The first kappa shape index (κ1) is 21.0. The molecule has 7 heteroatoms. The van der Waals surface area contributed by atoms with Crippen LogP contribution in [-0.2, 0) is 6.61 Å². The Bertz CT molecular complexity index is 807. The standard InChI is InChI=1S/C21H26Cl2N2O3/c1-25(2)12-14-6-3-4-8-17(14)24-21(26)19-11-10-15(28-19)13-27-18-9-5-7-16(22)20(18)23/h5,7,9-11,14,17H,3-4,6,8,12-13H2,1-2H3,(H,24,26). The van der Waals surface area contributed by atoms with Crippen LogP contribution in [0.3, 0.4) is 0 Å². The summed E-state index contributed by atoms with van der Waals surface area (Å²) >= 11 is 12.1. The third-order valence-corrected chi connectivity index (χ3v) is 5.80. The van der Waals surface area contributed by atoms with Crippen LogP contribution in [0.5, 0.6) is 5.75 Å². The minimum Gasteiger partial charge on any atom is -0.484 e. The van der Waals surface area contributed by atoms with E-state index in [0.717, 1.165) is 25.8 Å². The summed E-state index contributed by atoms with van der Waals surface area (Å²) in [7, 11) is 4.14. The van der Waals surface area contributed by atoms with Gasteiger partial charge in [0.25, 0.3) is 5.91 Å². The summed E-state index contributed by atoms with van der Waals surface area (Å²) < 4.78 is 11.3. The van der Waals surface area contributed by atoms with Crippen LogP contribution < -0.4 is 10.1 Å². The van der Waals surface area contributed by atoms with Crippen molar-refractivity contribution in [3.05, 3.63) is 51.9 Å². The number of ether oxygens (including phenoxy) is 1. The molecule has 2 aromatic rings. The van der Waals surface area contributed by atoms with Gasteiger partial charge in [-0.05, 0) is 57.1 Å². The van der Waals surface area contributed by atoms with Gasteiger partial charge in [0.2, 0.25) is 0 Å². The number of nitrogens with one attached hydrogen (secondary N) is 1. The quantitative estimate of drug-likeness (QED) is 0.677. The molecule has 1 amide bonds. The smallest absolute Gasteiger partial charge is 0.287 e. The molecule has 1 saturated carbocycles. The maximum Gasteiger partial charge on any atom is 0.287 e. The molecule has 1 aliphatic rings. The van der Waals surface area contributed by atoms with E-state index < -0.39 is 0 Å². The largest absolute Gasteiger partial charge is 0.484 e. The predicted molar refractivity (Wildman–Crippen MR) is 111 cm³/mol. The number of hydrogen-bond acceptors (Lipinski definition) is 4. The van der Waals surface area contributed by atoms with Crippen molar-refractivity contribution in [2.45, 2.75) is 38.3 Å². The highest BCUT2D eigenvalue weighted by Crippen LogP contribution is 2.32. The first-order chi connectivity index (χ1) is 13.4. The number of furan rings is 1. The summed E-state index contributed by atoms with van der Waals surface area (Å²) in [6.45, 7) is 1.14. The number of benzene rings is 1. The van der Waals surface area contributed by atoms with Gasteiger partial charge in [-0.3, -0.25) is 4.79 Å². The molecule has 0 aliphatic heterocycles. The van der Waals surface area contributed by atoms with E-state index in [1.165, 1.54) is 6.42 Å². The second-order valence-corrected chi connectivity index (χ2v) is 8.28. The van der Waals surface area contributed by atoms with E-state index in [1.807, 2.05) is 0 Å². The van der Waals surface area contributed by atoms with E-state index in [2.05, 4.69) is 24.3 Å². The first-order valence-electron chi connectivity index (χ1n) is 9.55. The van der Waals surface area contributed by atoms with E-state index in [9.17, 15) is 4.79 Å². The van der Waals surface area contributed by atoms with Crippen molar-refractivity contribution >= 4 is 29.1 Å². The van der Waals surface area contributed by atoms with Crippen molar-refractivity contribution in [1.29, 1.82) is 0 Å². The van der Waals surface area contributed by atoms with Gasteiger partial charge in [-0.15, -0.1) is 0 Å². The van der Waals surface area contributed by atoms with E-state index in [0.29, 0.717) is 33.2 Å². The molecule has 1 aromatic heterocycles. The van der Waals surface area contributed by atoms with Crippen molar-refractivity contribution in [2.75, 3.05) is 20.6 Å². The molecule has 152 valence electrons. The molecule has 0 radical (unpaired) electrons. The van der Waals surface area contributed by atoms with E-state index >= 15 is 0 Å². The Morgan fingerprint density at radius 1 is 1.21 bits per heavy atom. The predicted octanol–water partition coefficient (Wildman–Crippen LogP) is 5.02. The molecule has 28 heavy (non-hydrogen) atoms. The Morgan fingerprint density at radius 2 is 2.00 bits per heavy atom. The number of carbonyl (C=O) groups is 1. The van der Waals surface area contributed by atoms with Gasteiger partial charge in [0.05, 0.1) is 5.02 Å². The zero-order valence-corrected chi connectivity index (χ0v) is 17.7. The number of carbonyl (C=O) groups excluding carboxylic acids is 1. The van der Waals surface area contributed by atoms with Crippen LogP contribution in [0.15, 0.2) is 34.7 Å². The van der Waals surface area contributed by atoms with Crippen LogP contribution in [0.4, 0.5) is 0 Å². The van der Waals surface area contributed by atoms with E-state index in [1.54, 1.807) is 30.3 Å². The van der Waals surface area contributed by atoms with Crippen molar-refractivity contribution in [2.24, 2.45) is 5.92 Å². The van der Waals surface area contributed by atoms with Crippen LogP contribution in [-0.4, -0.2) is 37.5 Å². The third kappa shape index (κ3) is 5.43. The average Bonchev–Trinajstić information content (AvgIpc) is 3.13. The number of amides is 1. The van der Waals surface area contributed by atoms with Crippen LogP contribution in [0.1, 0.15) is 42.0 Å². The van der Waals surface area contributed by atoms with Gasteiger partial charge in [-0.2, -0.15) is 0 Å². The minimum absolute atomic E-state index is 0.167. The monoisotopic (exact) mass is 424 g/mol. The van der Waals surface area contributed by atoms with Gasteiger partial charge in [0.1, 0.15) is 23.1 Å². The van der Waals surface area contributed by atoms with Gasteiger partial charge in [0.15, 0.2) is 5.76 Å². The Morgan fingerprint density at radius 3 is 2.79 bits per heavy atom. The lowest BCUT2D eigenvalue weighted by molar-refractivity contribution is 0.0863. The Balaban J connectivity index is 1.58. The fraction of sp³-hybridized carbons (Fsp3) is 0.476. The molecule has 3 rings (SSSR count). The van der Waals surface area contributed by atoms with Gasteiger partial charge in [-0.25, -0.2) is 0 Å². The van der Waals surface area contributed by atoms with Gasteiger partial charge < -0.3 is 19.4 Å². The Labute approximate surface area is 175 Å². The Hall–Kier alpha value is -1.69. The topological polar surface area (TPSA) is 54.7 Å². The van der Waals surface area contributed by atoms with Gasteiger partial charge in [0, 0.05) is 12.6 Å². The van der Waals surface area contributed by atoms with Gasteiger partial charge >= 0.3 is 0 Å². The molecule has 0 bridgehead atoms. The molecule has 1 fully saturated rings. The number of rotatable bonds is 7. The lowest BCUT2D eigenvalue weighted by Crippen LogP contribution is -2.45. The molecule has 2 unspecified atom stereocenters. The SMILES string of the molecule is CN(C)CC1CCCCC1NC(=O)c1ccc(COc2cccc(Cl)c2Cl)o1. The number of nitrogens with zero attached hydrogens (tertiary/aromatic N) is 1.